The van der Waals surface area contributed by atoms with E-state index in [9.17, 15) is 15.0 Å². The summed E-state index contributed by atoms with van der Waals surface area (Å²) in [5.74, 6) is 0. The van der Waals surface area contributed by atoms with Gasteiger partial charge in [0.2, 0.25) is 0 Å². The van der Waals surface area contributed by atoms with Crippen molar-refractivity contribution in [3.63, 3.8) is 0 Å². The molecule has 0 amide bonds. The molecule has 9 nitrogen and oxygen atoms in total. The first-order valence-electron chi connectivity index (χ1n) is 5.67. The molecule has 2 aromatic rings. The topological polar surface area (TPSA) is 144 Å². The van der Waals surface area contributed by atoms with Gasteiger partial charge in [-0.1, -0.05) is 0 Å². The van der Waals surface area contributed by atoms with E-state index in [2.05, 4.69) is 20.2 Å². The highest BCUT2D eigenvalue weighted by Crippen LogP contribution is 2.34. The van der Waals surface area contributed by atoms with E-state index in [1.54, 1.807) is 0 Å². The number of aromatic amines is 2. The molecule has 4 atom stereocenters. The van der Waals surface area contributed by atoms with Crippen LogP contribution in [0.25, 0.3) is 11.0 Å². The van der Waals surface area contributed by atoms with Crippen LogP contribution in [0.4, 0.5) is 0 Å². The third-order valence-electron chi connectivity index (χ3n) is 3.20. The van der Waals surface area contributed by atoms with Crippen LogP contribution >= 0.6 is 0 Å². The molecule has 1 saturated heterocycles. The molecule has 19 heavy (non-hydrogen) atoms. The summed E-state index contributed by atoms with van der Waals surface area (Å²) < 4.78 is 5.35. The van der Waals surface area contributed by atoms with Crippen molar-refractivity contribution in [2.24, 2.45) is 0 Å². The molecule has 9 heteroatoms. The van der Waals surface area contributed by atoms with Gasteiger partial charge in [-0.2, -0.15) is 5.10 Å². The van der Waals surface area contributed by atoms with Crippen molar-refractivity contribution in [1.82, 2.24) is 20.2 Å². The SMILES string of the molecule is O=c1[nH]cnc2c([C@H]3O[C@@H](CO)[C@@H](O)[C@@H]3O)[nH]nc12. The molecule has 0 radical (unpaired) electrons. The van der Waals surface area contributed by atoms with Gasteiger partial charge in [0.05, 0.1) is 18.6 Å². The van der Waals surface area contributed by atoms with E-state index in [0.29, 0.717) is 5.69 Å². The molecule has 0 unspecified atom stereocenters. The molecule has 0 bridgehead atoms. The highest BCUT2D eigenvalue weighted by Gasteiger charge is 2.44. The molecule has 1 aliphatic heterocycles. The van der Waals surface area contributed by atoms with Crippen LogP contribution in [0.1, 0.15) is 11.8 Å². The zero-order valence-electron chi connectivity index (χ0n) is 9.65. The van der Waals surface area contributed by atoms with Crippen LogP contribution in [0.5, 0.6) is 0 Å². The summed E-state index contributed by atoms with van der Waals surface area (Å²) in [7, 11) is 0. The number of aliphatic hydroxyl groups excluding tert-OH is 3. The predicted octanol–water partition coefficient (Wildman–Crippen LogP) is -2.20. The van der Waals surface area contributed by atoms with Crippen LogP contribution < -0.4 is 5.56 Å². The largest absolute Gasteiger partial charge is 0.394 e. The normalized spacial score (nSPS) is 31.1. The van der Waals surface area contributed by atoms with E-state index < -0.39 is 36.6 Å². The zero-order valence-corrected chi connectivity index (χ0v) is 9.65. The predicted molar refractivity (Wildman–Crippen MR) is 61.2 cm³/mol. The highest BCUT2D eigenvalue weighted by molar-refractivity contribution is 5.75. The molecule has 3 heterocycles. The van der Waals surface area contributed by atoms with Crippen molar-refractivity contribution in [3.05, 3.63) is 22.4 Å². The van der Waals surface area contributed by atoms with Gasteiger partial charge in [0.15, 0.2) is 5.52 Å². The lowest BCUT2D eigenvalue weighted by Gasteiger charge is -2.12. The third kappa shape index (κ3) is 1.75. The van der Waals surface area contributed by atoms with E-state index in [1.165, 1.54) is 6.33 Å². The maximum absolute atomic E-state index is 11.5. The van der Waals surface area contributed by atoms with Crippen LogP contribution in [0, 0.1) is 0 Å². The molecule has 0 spiro atoms. The number of fused-ring (bicyclic) bond motifs is 1. The average molecular weight is 268 g/mol. The summed E-state index contributed by atoms with van der Waals surface area (Å²) in [6, 6.07) is 0. The minimum absolute atomic E-state index is 0.0928. The minimum atomic E-state index is -1.23. The first kappa shape index (κ1) is 12.2. The zero-order chi connectivity index (χ0) is 13.6. The molecule has 0 saturated carbocycles. The lowest BCUT2D eigenvalue weighted by atomic mass is 10.1. The van der Waals surface area contributed by atoms with Gasteiger partial charge in [-0.3, -0.25) is 9.89 Å². The van der Waals surface area contributed by atoms with Gasteiger partial charge in [-0.15, -0.1) is 0 Å². The van der Waals surface area contributed by atoms with Gasteiger partial charge in [-0.05, 0) is 0 Å². The molecule has 5 N–H and O–H groups in total. The van der Waals surface area contributed by atoms with Crippen LogP contribution in [0.2, 0.25) is 0 Å². The van der Waals surface area contributed by atoms with Gasteiger partial charge >= 0.3 is 0 Å². The van der Waals surface area contributed by atoms with Crippen molar-refractivity contribution in [1.29, 1.82) is 0 Å². The van der Waals surface area contributed by atoms with Crippen LogP contribution in [-0.2, 0) is 4.74 Å². The van der Waals surface area contributed by atoms with Gasteiger partial charge in [0, 0.05) is 0 Å². The minimum Gasteiger partial charge on any atom is -0.394 e. The Morgan fingerprint density at radius 2 is 2.11 bits per heavy atom. The number of hydrogen-bond acceptors (Lipinski definition) is 7. The van der Waals surface area contributed by atoms with Crippen molar-refractivity contribution in [3.8, 4) is 0 Å². The quantitative estimate of drug-likeness (QED) is 0.415. The van der Waals surface area contributed by atoms with Crippen LogP contribution in [0.15, 0.2) is 11.1 Å². The van der Waals surface area contributed by atoms with Crippen molar-refractivity contribution in [2.45, 2.75) is 24.4 Å². The second kappa shape index (κ2) is 4.38. The Balaban J connectivity index is 2.06. The van der Waals surface area contributed by atoms with Crippen molar-refractivity contribution in [2.75, 3.05) is 6.61 Å². The molecular formula is C10H12N4O5. The first-order chi connectivity index (χ1) is 9.13. The Labute approximate surface area is 105 Å². The number of H-pyrrole nitrogens is 2. The van der Waals surface area contributed by atoms with Gasteiger partial charge in [0.1, 0.15) is 29.9 Å². The van der Waals surface area contributed by atoms with Crippen molar-refractivity contribution >= 4 is 11.0 Å². The van der Waals surface area contributed by atoms with E-state index in [4.69, 9.17) is 9.84 Å². The highest BCUT2D eigenvalue weighted by atomic mass is 16.6. The number of hydrogen-bond donors (Lipinski definition) is 5. The first-order valence-corrected chi connectivity index (χ1v) is 5.67. The van der Waals surface area contributed by atoms with Gasteiger partial charge < -0.3 is 25.0 Å². The second-order valence-electron chi connectivity index (χ2n) is 4.33. The Morgan fingerprint density at radius 1 is 1.32 bits per heavy atom. The number of rotatable bonds is 2. The van der Waals surface area contributed by atoms with Crippen molar-refractivity contribution < 1.29 is 20.1 Å². The third-order valence-corrected chi connectivity index (χ3v) is 3.20. The van der Waals surface area contributed by atoms with E-state index in [-0.39, 0.29) is 11.0 Å². The summed E-state index contributed by atoms with van der Waals surface area (Å²) in [6.45, 7) is -0.422. The molecular weight excluding hydrogens is 256 g/mol. The van der Waals surface area contributed by atoms with Crippen LogP contribution in [-0.4, -0.2) is 60.4 Å². The standard InChI is InChI=1S/C10H12N4O5/c15-1-3-7(16)8(17)9(19-3)5-4-6(14-13-5)10(18)12-2-11-4/h2-3,7-9,15-17H,1H2,(H,13,14)(H,11,12,18)/t3-,7+,8-,9+/m0/s1. The Hall–Kier alpha value is -1.81. The molecule has 0 aliphatic carbocycles. The van der Waals surface area contributed by atoms with Gasteiger partial charge in [-0.25, -0.2) is 4.98 Å². The molecule has 2 aromatic heterocycles. The molecule has 3 rings (SSSR count). The lowest BCUT2D eigenvalue weighted by molar-refractivity contribution is -0.0236. The average Bonchev–Trinajstić information content (AvgIpc) is 2.94. The molecule has 1 aliphatic rings. The summed E-state index contributed by atoms with van der Waals surface area (Å²) in [4.78, 5) is 17.9. The Morgan fingerprint density at radius 3 is 2.79 bits per heavy atom. The number of aromatic nitrogens is 4. The number of ether oxygens (including phenoxy) is 1. The monoisotopic (exact) mass is 268 g/mol. The molecule has 102 valence electrons. The summed E-state index contributed by atoms with van der Waals surface area (Å²) >= 11 is 0. The number of nitrogens with zero attached hydrogens (tertiary/aromatic N) is 2. The van der Waals surface area contributed by atoms with Crippen LogP contribution in [0.3, 0.4) is 0 Å². The fourth-order valence-electron chi connectivity index (χ4n) is 2.20. The fourth-order valence-corrected chi connectivity index (χ4v) is 2.20. The summed E-state index contributed by atoms with van der Waals surface area (Å²) in [5.41, 5.74) is 0.233. The fraction of sp³-hybridized carbons (Fsp3) is 0.500. The molecule has 1 fully saturated rings. The number of aliphatic hydroxyl groups is 3. The second-order valence-corrected chi connectivity index (χ2v) is 4.33. The maximum Gasteiger partial charge on any atom is 0.279 e. The summed E-state index contributed by atoms with van der Waals surface area (Å²) in [6.07, 6.45) is -3.05. The van der Waals surface area contributed by atoms with E-state index in [1.807, 2.05) is 0 Å². The van der Waals surface area contributed by atoms with E-state index >= 15 is 0 Å². The van der Waals surface area contributed by atoms with Gasteiger partial charge in [0.25, 0.3) is 5.56 Å². The Bertz CT molecular complexity index is 653. The maximum atomic E-state index is 11.5. The molecule has 0 aromatic carbocycles. The summed E-state index contributed by atoms with van der Waals surface area (Å²) in [5, 5.41) is 35.0. The number of nitrogens with one attached hydrogen (secondary N) is 2. The van der Waals surface area contributed by atoms with E-state index in [0.717, 1.165) is 0 Å². The lowest BCUT2D eigenvalue weighted by Crippen LogP contribution is -2.32. The Kier molecular flexibility index (Phi) is 2.82. The smallest absolute Gasteiger partial charge is 0.279 e.